The van der Waals surface area contributed by atoms with Crippen LogP contribution in [0, 0.1) is 21.4 Å². The van der Waals surface area contributed by atoms with E-state index >= 15 is 0 Å². The second-order valence-electron chi connectivity index (χ2n) is 4.07. The molecule has 0 bridgehead atoms. The monoisotopic (exact) mass is 278 g/mol. The molecule has 1 N–H and O–H groups in total. The quantitative estimate of drug-likeness (QED) is 0.571. The van der Waals surface area contributed by atoms with Gasteiger partial charge in [0.25, 0.3) is 0 Å². The largest absolute Gasteiger partial charge is 0.354 e. The second-order valence-corrected chi connectivity index (χ2v) is 4.07. The van der Waals surface area contributed by atoms with Gasteiger partial charge in [0.2, 0.25) is 11.8 Å². The van der Waals surface area contributed by atoms with Crippen LogP contribution in [0.2, 0.25) is 0 Å². The van der Waals surface area contributed by atoms with Crippen molar-refractivity contribution >= 4 is 17.5 Å². The van der Waals surface area contributed by atoms with Gasteiger partial charge in [0, 0.05) is 19.6 Å². The Balaban J connectivity index is 3.09. The highest BCUT2D eigenvalue weighted by Crippen LogP contribution is 2.26. The summed E-state index contributed by atoms with van der Waals surface area (Å²) in [7, 11) is 0. The Labute approximate surface area is 117 Å². The molecule has 0 radical (unpaired) electrons. The predicted molar refractivity (Wildman–Crippen MR) is 75.6 cm³/mol. The first-order valence-corrected chi connectivity index (χ1v) is 6.51. The zero-order valence-electron chi connectivity index (χ0n) is 11.7. The summed E-state index contributed by atoms with van der Waals surface area (Å²) < 4.78 is 0. The molecule has 0 aliphatic carbocycles. The standard InChI is InChI=1S/C12H18N6O2/c1-3-7-14-12-15-9-10(18(19)20)11(16-12)17(4-2)8-5-6-13/h9H,3-5,7-8H2,1-2H3,(H,14,15,16). The summed E-state index contributed by atoms with van der Waals surface area (Å²) in [5, 5.41) is 22.7. The molecule has 0 saturated carbocycles. The minimum atomic E-state index is -0.506. The number of aromatic nitrogens is 2. The first-order chi connectivity index (χ1) is 9.63. The number of nitrogens with zero attached hydrogens (tertiary/aromatic N) is 5. The average molecular weight is 278 g/mol. The van der Waals surface area contributed by atoms with E-state index in [9.17, 15) is 10.1 Å². The fraction of sp³-hybridized carbons (Fsp3) is 0.583. The Kier molecular flexibility index (Phi) is 6.16. The Morgan fingerprint density at radius 2 is 2.30 bits per heavy atom. The molecule has 0 amide bonds. The summed E-state index contributed by atoms with van der Waals surface area (Å²) in [6, 6.07) is 2.03. The molecular weight excluding hydrogens is 260 g/mol. The minimum Gasteiger partial charge on any atom is -0.354 e. The summed E-state index contributed by atoms with van der Waals surface area (Å²) in [6.45, 7) is 5.50. The molecule has 8 nitrogen and oxygen atoms in total. The highest BCUT2D eigenvalue weighted by molar-refractivity contribution is 5.58. The van der Waals surface area contributed by atoms with Gasteiger partial charge in [-0.05, 0) is 13.3 Å². The van der Waals surface area contributed by atoms with Crippen molar-refractivity contribution in [1.82, 2.24) is 9.97 Å². The maximum atomic E-state index is 11.1. The molecule has 1 aromatic rings. The van der Waals surface area contributed by atoms with E-state index in [1.165, 1.54) is 6.20 Å². The molecule has 0 unspecified atom stereocenters. The lowest BCUT2D eigenvalue weighted by atomic mass is 10.3. The number of anilines is 2. The molecule has 1 aromatic heterocycles. The molecule has 20 heavy (non-hydrogen) atoms. The van der Waals surface area contributed by atoms with E-state index in [-0.39, 0.29) is 17.9 Å². The Bertz CT molecular complexity index is 499. The van der Waals surface area contributed by atoms with Gasteiger partial charge in [-0.25, -0.2) is 4.98 Å². The van der Waals surface area contributed by atoms with Gasteiger partial charge < -0.3 is 10.2 Å². The van der Waals surface area contributed by atoms with Crippen LogP contribution in [0.25, 0.3) is 0 Å². The molecule has 1 rings (SSSR count). The van der Waals surface area contributed by atoms with E-state index in [0.717, 1.165) is 6.42 Å². The van der Waals surface area contributed by atoms with Crippen molar-refractivity contribution in [3.8, 4) is 6.07 Å². The number of nitrogens with one attached hydrogen (secondary N) is 1. The number of hydrogen-bond acceptors (Lipinski definition) is 7. The highest BCUT2D eigenvalue weighted by atomic mass is 16.6. The van der Waals surface area contributed by atoms with Crippen LogP contribution in [0.15, 0.2) is 6.20 Å². The van der Waals surface area contributed by atoms with E-state index in [1.54, 1.807) is 4.90 Å². The SMILES string of the molecule is CCCNc1ncc([N+](=O)[O-])c(N(CC)CCC#N)n1. The van der Waals surface area contributed by atoms with Crippen molar-refractivity contribution in [2.75, 3.05) is 29.9 Å². The Morgan fingerprint density at radius 1 is 1.55 bits per heavy atom. The summed E-state index contributed by atoms with van der Waals surface area (Å²) in [5.41, 5.74) is -0.146. The zero-order valence-corrected chi connectivity index (χ0v) is 11.7. The van der Waals surface area contributed by atoms with E-state index in [4.69, 9.17) is 5.26 Å². The molecule has 0 aromatic carbocycles. The predicted octanol–water partition coefficient (Wildman–Crippen LogP) is 1.95. The van der Waals surface area contributed by atoms with Gasteiger partial charge in [0.15, 0.2) is 0 Å². The van der Waals surface area contributed by atoms with Crippen molar-refractivity contribution in [3.63, 3.8) is 0 Å². The minimum absolute atomic E-state index is 0.146. The summed E-state index contributed by atoms with van der Waals surface area (Å²) in [4.78, 5) is 20.4. The first kappa shape index (κ1) is 15.6. The van der Waals surface area contributed by atoms with E-state index in [0.29, 0.717) is 25.6 Å². The second kappa shape index (κ2) is 7.89. The van der Waals surface area contributed by atoms with E-state index < -0.39 is 4.92 Å². The van der Waals surface area contributed by atoms with Crippen LogP contribution >= 0.6 is 0 Å². The third-order valence-electron chi connectivity index (χ3n) is 2.65. The van der Waals surface area contributed by atoms with Crippen molar-refractivity contribution in [3.05, 3.63) is 16.3 Å². The molecule has 0 aliphatic heterocycles. The van der Waals surface area contributed by atoms with Gasteiger partial charge in [-0.2, -0.15) is 10.2 Å². The van der Waals surface area contributed by atoms with Crippen molar-refractivity contribution in [2.45, 2.75) is 26.7 Å². The van der Waals surface area contributed by atoms with Crippen molar-refractivity contribution < 1.29 is 4.92 Å². The smallest absolute Gasteiger partial charge is 0.329 e. The van der Waals surface area contributed by atoms with Gasteiger partial charge in [0.05, 0.1) is 17.4 Å². The molecule has 1 heterocycles. The highest BCUT2D eigenvalue weighted by Gasteiger charge is 2.21. The number of nitro groups is 1. The number of hydrogen-bond donors (Lipinski definition) is 1. The Morgan fingerprint density at radius 3 is 2.85 bits per heavy atom. The summed E-state index contributed by atoms with van der Waals surface area (Å²) >= 11 is 0. The van der Waals surface area contributed by atoms with Crippen LogP contribution in [0.4, 0.5) is 17.5 Å². The lowest BCUT2D eigenvalue weighted by molar-refractivity contribution is -0.384. The molecule has 108 valence electrons. The van der Waals surface area contributed by atoms with Gasteiger partial charge >= 0.3 is 5.69 Å². The normalized spacial score (nSPS) is 9.85. The van der Waals surface area contributed by atoms with Crippen LogP contribution in [0.5, 0.6) is 0 Å². The van der Waals surface area contributed by atoms with Crippen LogP contribution in [-0.2, 0) is 0 Å². The molecule has 0 spiro atoms. The van der Waals surface area contributed by atoms with Gasteiger partial charge in [-0.1, -0.05) is 6.92 Å². The van der Waals surface area contributed by atoms with Crippen LogP contribution in [-0.4, -0.2) is 34.5 Å². The zero-order chi connectivity index (χ0) is 15.0. The van der Waals surface area contributed by atoms with Crippen molar-refractivity contribution in [1.29, 1.82) is 5.26 Å². The van der Waals surface area contributed by atoms with Crippen LogP contribution in [0.3, 0.4) is 0 Å². The summed E-state index contributed by atoms with van der Waals surface area (Å²) in [6.07, 6.45) is 2.39. The maximum Gasteiger partial charge on any atom is 0.329 e. The fourth-order valence-corrected chi connectivity index (χ4v) is 1.65. The molecular formula is C12H18N6O2. The first-order valence-electron chi connectivity index (χ1n) is 6.51. The third kappa shape index (κ3) is 4.05. The topological polar surface area (TPSA) is 108 Å². The summed E-state index contributed by atoms with van der Waals surface area (Å²) in [5.74, 6) is 0.615. The number of nitriles is 1. The number of rotatable bonds is 8. The molecule has 0 aliphatic rings. The molecule has 0 atom stereocenters. The van der Waals surface area contributed by atoms with E-state index in [2.05, 4.69) is 15.3 Å². The fourth-order valence-electron chi connectivity index (χ4n) is 1.65. The maximum absolute atomic E-state index is 11.1. The molecule has 0 saturated heterocycles. The van der Waals surface area contributed by atoms with Crippen LogP contribution in [0.1, 0.15) is 26.7 Å². The Hall–Kier alpha value is -2.43. The van der Waals surface area contributed by atoms with Gasteiger partial charge in [-0.15, -0.1) is 0 Å². The van der Waals surface area contributed by atoms with Gasteiger partial charge in [0.1, 0.15) is 6.20 Å². The van der Waals surface area contributed by atoms with E-state index in [1.807, 2.05) is 19.9 Å². The lowest BCUT2D eigenvalue weighted by Crippen LogP contribution is -2.26. The lowest BCUT2D eigenvalue weighted by Gasteiger charge is -2.20. The van der Waals surface area contributed by atoms with Crippen LogP contribution < -0.4 is 10.2 Å². The van der Waals surface area contributed by atoms with Gasteiger partial charge in [-0.3, -0.25) is 10.1 Å². The third-order valence-corrected chi connectivity index (χ3v) is 2.65. The molecule has 0 fully saturated rings. The average Bonchev–Trinajstić information content (AvgIpc) is 2.45. The van der Waals surface area contributed by atoms with Crippen molar-refractivity contribution in [2.24, 2.45) is 0 Å². The molecule has 8 heteroatoms.